The summed E-state index contributed by atoms with van der Waals surface area (Å²) in [5.41, 5.74) is 2.84. The number of benzene rings is 1. The molecule has 0 atom stereocenters. The van der Waals surface area contributed by atoms with E-state index in [0.717, 1.165) is 55.2 Å². The topological polar surface area (TPSA) is 130 Å². The normalized spacial score (nSPS) is 17.1. The maximum atomic E-state index is 12.0. The highest BCUT2D eigenvalue weighted by Crippen LogP contribution is 2.35. The number of piperidine rings is 1. The van der Waals surface area contributed by atoms with Crippen molar-refractivity contribution >= 4 is 32.6 Å². The van der Waals surface area contributed by atoms with Crippen molar-refractivity contribution in [2.45, 2.75) is 52.7 Å². The fourth-order valence-electron chi connectivity index (χ4n) is 5.51. The summed E-state index contributed by atoms with van der Waals surface area (Å²) in [5.74, 6) is 1.07. The molecule has 5 rings (SSSR count). The Kier molecular flexibility index (Phi) is 10.2. The van der Waals surface area contributed by atoms with Crippen LogP contribution in [0.25, 0.3) is 22.2 Å². The van der Waals surface area contributed by atoms with Gasteiger partial charge in [-0.05, 0) is 57.3 Å². The molecule has 2 fully saturated rings. The van der Waals surface area contributed by atoms with Crippen LogP contribution in [0.5, 0.6) is 5.88 Å². The van der Waals surface area contributed by atoms with Gasteiger partial charge in [0.15, 0.2) is 0 Å². The van der Waals surface area contributed by atoms with Gasteiger partial charge < -0.3 is 19.5 Å². The Morgan fingerprint density at radius 1 is 1.12 bits per heavy atom. The Balaban J connectivity index is 0.00000198. The van der Waals surface area contributed by atoms with Crippen LogP contribution in [0.4, 0.5) is 11.6 Å². The van der Waals surface area contributed by atoms with Crippen LogP contribution in [0.3, 0.4) is 0 Å². The zero-order valence-corrected chi connectivity index (χ0v) is 26.4. The first-order valence-corrected chi connectivity index (χ1v) is 16.5. The van der Waals surface area contributed by atoms with E-state index in [4.69, 9.17) is 19.4 Å². The standard InChI is InChI=1S/C28H38N6O5S.C2H6/c1-28(2,35)21-8-10-33(11-9-21)18-19-6-5-7-22-24(19)30-27(34-12-14-39-15-13-34)31-25(22)20-16-23(32-40(4,36)37)26(38-3)29-17-20;1-2/h5-7,16-17,21,32,35H,8-15,18H2,1-4H3;1-2H3. The molecular weight excluding hydrogens is 556 g/mol. The molecule has 0 amide bonds. The van der Waals surface area contributed by atoms with Gasteiger partial charge in [-0.15, -0.1) is 0 Å². The van der Waals surface area contributed by atoms with E-state index in [0.29, 0.717) is 43.5 Å². The van der Waals surface area contributed by atoms with Crippen molar-refractivity contribution in [3.63, 3.8) is 0 Å². The summed E-state index contributed by atoms with van der Waals surface area (Å²) in [6.45, 7) is 12.9. The van der Waals surface area contributed by atoms with Crippen molar-refractivity contribution in [3.05, 3.63) is 36.0 Å². The van der Waals surface area contributed by atoms with Gasteiger partial charge in [0.05, 0.1) is 43.4 Å². The number of rotatable bonds is 8. The van der Waals surface area contributed by atoms with Crippen molar-refractivity contribution < 1.29 is 23.0 Å². The molecule has 0 bridgehead atoms. The van der Waals surface area contributed by atoms with Crippen LogP contribution in [0.15, 0.2) is 30.5 Å². The van der Waals surface area contributed by atoms with Gasteiger partial charge in [0, 0.05) is 36.8 Å². The van der Waals surface area contributed by atoms with E-state index < -0.39 is 15.6 Å². The molecule has 42 heavy (non-hydrogen) atoms. The van der Waals surface area contributed by atoms with Crippen molar-refractivity contribution in [2.24, 2.45) is 5.92 Å². The van der Waals surface area contributed by atoms with Gasteiger partial charge in [-0.2, -0.15) is 0 Å². The zero-order valence-electron chi connectivity index (χ0n) is 25.6. The Hall–Kier alpha value is -3.06. The van der Waals surface area contributed by atoms with Gasteiger partial charge >= 0.3 is 0 Å². The number of anilines is 2. The number of methoxy groups -OCH3 is 1. The number of nitrogens with zero attached hydrogens (tertiary/aromatic N) is 5. The number of hydrogen-bond donors (Lipinski definition) is 2. The second kappa shape index (κ2) is 13.5. The first kappa shape index (κ1) is 31.9. The Morgan fingerprint density at radius 2 is 1.81 bits per heavy atom. The molecule has 0 spiro atoms. The largest absolute Gasteiger partial charge is 0.480 e. The molecule has 2 aliphatic rings. The van der Waals surface area contributed by atoms with E-state index >= 15 is 0 Å². The van der Waals surface area contributed by atoms with E-state index in [-0.39, 0.29) is 17.5 Å². The average molecular weight is 601 g/mol. The van der Waals surface area contributed by atoms with Crippen LogP contribution in [-0.2, 0) is 21.3 Å². The lowest BCUT2D eigenvalue weighted by Crippen LogP contribution is -2.41. The summed E-state index contributed by atoms with van der Waals surface area (Å²) >= 11 is 0. The Bertz CT molecular complexity index is 1460. The highest BCUT2D eigenvalue weighted by molar-refractivity contribution is 7.92. The van der Waals surface area contributed by atoms with Crippen LogP contribution in [-0.4, -0.2) is 91.7 Å². The quantitative estimate of drug-likeness (QED) is 0.392. The molecule has 2 aliphatic heterocycles. The van der Waals surface area contributed by atoms with Gasteiger partial charge in [-0.3, -0.25) is 9.62 Å². The van der Waals surface area contributed by atoms with Crippen molar-refractivity contribution in [1.82, 2.24) is 19.9 Å². The van der Waals surface area contributed by atoms with Crippen LogP contribution < -0.4 is 14.4 Å². The van der Waals surface area contributed by atoms with Gasteiger partial charge in [0.25, 0.3) is 0 Å². The summed E-state index contributed by atoms with van der Waals surface area (Å²) in [6, 6.07) is 7.81. The fraction of sp³-hybridized carbons (Fsp3) is 0.567. The fourth-order valence-corrected chi connectivity index (χ4v) is 6.05. The van der Waals surface area contributed by atoms with Crippen LogP contribution in [0.2, 0.25) is 0 Å². The average Bonchev–Trinajstić information content (AvgIpc) is 2.97. The number of sulfonamides is 1. The van der Waals surface area contributed by atoms with Crippen molar-refractivity contribution in [2.75, 3.05) is 62.4 Å². The van der Waals surface area contributed by atoms with E-state index in [1.165, 1.54) is 7.11 Å². The third kappa shape index (κ3) is 7.66. The minimum atomic E-state index is -3.56. The lowest BCUT2D eigenvalue weighted by Gasteiger charge is -2.37. The maximum absolute atomic E-state index is 12.0. The number of likely N-dealkylation sites (tertiary alicyclic amines) is 1. The summed E-state index contributed by atoms with van der Waals surface area (Å²) in [6.07, 6.45) is 4.62. The predicted octanol–water partition coefficient (Wildman–Crippen LogP) is 3.92. The summed E-state index contributed by atoms with van der Waals surface area (Å²) < 4.78 is 37.5. The molecule has 2 saturated heterocycles. The van der Waals surface area contributed by atoms with Gasteiger partial charge in [0.2, 0.25) is 21.9 Å². The number of aromatic nitrogens is 3. The molecule has 0 saturated carbocycles. The van der Waals surface area contributed by atoms with E-state index in [2.05, 4.69) is 25.6 Å². The summed E-state index contributed by atoms with van der Waals surface area (Å²) in [5, 5.41) is 11.3. The second-order valence-corrected chi connectivity index (χ2v) is 12.9. The molecular formula is C30H44N6O5S. The smallest absolute Gasteiger partial charge is 0.238 e. The van der Waals surface area contributed by atoms with E-state index in [9.17, 15) is 13.5 Å². The highest BCUT2D eigenvalue weighted by atomic mass is 32.2. The number of hydrogen-bond acceptors (Lipinski definition) is 10. The number of nitrogens with one attached hydrogen (secondary N) is 1. The van der Waals surface area contributed by atoms with Crippen LogP contribution >= 0.6 is 0 Å². The zero-order chi connectivity index (χ0) is 30.5. The number of pyridine rings is 1. The van der Waals surface area contributed by atoms with Gasteiger partial charge in [-0.25, -0.2) is 23.4 Å². The van der Waals surface area contributed by atoms with E-state index in [1.54, 1.807) is 12.3 Å². The number of para-hydroxylation sites is 1. The maximum Gasteiger partial charge on any atom is 0.238 e. The van der Waals surface area contributed by atoms with Gasteiger partial charge in [0.1, 0.15) is 5.69 Å². The Morgan fingerprint density at radius 3 is 2.43 bits per heavy atom. The number of aliphatic hydroxyl groups is 1. The molecule has 4 heterocycles. The molecule has 3 aromatic rings. The molecule has 11 nitrogen and oxygen atoms in total. The molecule has 0 aliphatic carbocycles. The number of morpholine rings is 1. The summed E-state index contributed by atoms with van der Waals surface area (Å²) in [7, 11) is -2.11. The summed E-state index contributed by atoms with van der Waals surface area (Å²) in [4.78, 5) is 18.9. The van der Waals surface area contributed by atoms with Crippen LogP contribution in [0.1, 0.15) is 46.1 Å². The first-order chi connectivity index (χ1) is 20.0. The van der Waals surface area contributed by atoms with E-state index in [1.807, 2.05) is 39.8 Å². The molecule has 12 heteroatoms. The monoisotopic (exact) mass is 600 g/mol. The van der Waals surface area contributed by atoms with Gasteiger partial charge in [-0.1, -0.05) is 32.0 Å². The number of ether oxygens (including phenoxy) is 2. The lowest BCUT2D eigenvalue weighted by atomic mass is 9.83. The minimum Gasteiger partial charge on any atom is -0.480 e. The molecule has 0 unspecified atom stereocenters. The lowest BCUT2D eigenvalue weighted by molar-refractivity contribution is -0.0135. The third-order valence-corrected chi connectivity index (χ3v) is 8.28. The molecule has 2 aromatic heterocycles. The molecule has 2 N–H and O–H groups in total. The molecule has 0 radical (unpaired) electrons. The number of fused-ring (bicyclic) bond motifs is 1. The first-order valence-electron chi connectivity index (χ1n) is 14.6. The SMILES string of the molecule is CC.COc1ncc(-c2nc(N3CCOCC3)nc3c(CN4CCC(C(C)(C)O)CC4)cccc23)cc1NS(C)(=O)=O. The van der Waals surface area contributed by atoms with Crippen molar-refractivity contribution in [1.29, 1.82) is 0 Å². The molecule has 230 valence electrons. The third-order valence-electron chi connectivity index (χ3n) is 7.69. The highest BCUT2D eigenvalue weighted by Gasteiger charge is 2.31. The minimum absolute atomic E-state index is 0.177. The second-order valence-electron chi connectivity index (χ2n) is 11.1. The Labute approximate surface area is 249 Å². The predicted molar refractivity (Wildman–Crippen MR) is 166 cm³/mol. The molecule has 1 aromatic carbocycles. The van der Waals surface area contributed by atoms with Crippen molar-refractivity contribution in [3.8, 4) is 17.1 Å². The van der Waals surface area contributed by atoms with Crippen LogP contribution in [0, 0.1) is 5.92 Å².